The van der Waals surface area contributed by atoms with Crippen molar-refractivity contribution < 1.29 is 0 Å². The molecule has 0 bridgehead atoms. The average molecular weight is 403 g/mol. The van der Waals surface area contributed by atoms with E-state index in [2.05, 4.69) is 74.5 Å². The van der Waals surface area contributed by atoms with Gasteiger partial charge in [-0.05, 0) is 61.1 Å². The van der Waals surface area contributed by atoms with Crippen molar-refractivity contribution in [3.05, 3.63) is 81.5 Å². The van der Waals surface area contributed by atoms with E-state index < -0.39 is 0 Å². The van der Waals surface area contributed by atoms with Crippen LogP contribution in [0.15, 0.2) is 70.6 Å². The van der Waals surface area contributed by atoms with Gasteiger partial charge in [-0.15, -0.1) is 11.3 Å². The second kappa shape index (κ2) is 11.5. The number of benzene rings is 2. The highest BCUT2D eigenvalue weighted by Gasteiger charge is 2.02. The van der Waals surface area contributed by atoms with Gasteiger partial charge in [-0.25, -0.2) is 0 Å². The van der Waals surface area contributed by atoms with Crippen LogP contribution in [0.3, 0.4) is 0 Å². The van der Waals surface area contributed by atoms with E-state index in [-0.39, 0.29) is 0 Å². The van der Waals surface area contributed by atoms with E-state index >= 15 is 0 Å². The molecule has 0 aliphatic heterocycles. The van der Waals surface area contributed by atoms with E-state index in [1.165, 1.54) is 36.8 Å². The highest BCUT2D eigenvalue weighted by atomic mass is 32.1. The Balaban J connectivity index is 1.69. The number of rotatable bonds is 10. The van der Waals surface area contributed by atoms with Gasteiger partial charge in [-0.3, -0.25) is 9.98 Å². The van der Waals surface area contributed by atoms with Gasteiger partial charge in [0.05, 0.1) is 11.4 Å². The van der Waals surface area contributed by atoms with Gasteiger partial charge in [0.2, 0.25) is 0 Å². The Kier molecular flexibility index (Phi) is 8.39. The van der Waals surface area contributed by atoms with Crippen LogP contribution in [0.2, 0.25) is 0 Å². The van der Waals surface area contributed by atoms with E-state index in [1.54, 1.807) is 11.3 Å². The molecular formula is C26H30N2S. The lowest BCUT2D eigenvalue weighted by molar-refractivity contribution is 0.795. The van der Waals surface area contributed by atoms with E-state index in [4.69, 9.17) is 9.98 Å². The summed E-state index contributed by atoms with van der Waals surface area (Å²) in [6, 6.07) is 21.1. The molecular weight excluding hydrogens is 372 g/mol. The van der Waals surface area contributed by atoms with E-state index in [0.717, 1.165) is 34.0 Å². The fourth-order valence-electron chi connectivity index (χ4n) is 3.20. The van der Waals surface area contributed by atoms with Gasteiger partial charge in [0.25, 0.3) is 0 Å². The molecule has 0 unspecified atom stereocenters. The molecule has 3 aromatic rings. The smallest absolute Gasteiger partial charge is 0.0662 e. The topological polar surface area (TPSA) is 24.7 Å². The number of aliphatic imine (C=N–C) groups is 2. The van der Waals surface area contributed by atoms with Crippen LogP contribution in [0, 0.1) is 0 Å². The molecule has 1 heterocycles. The second-order valence-electron chi connectivity index (χ2n) is 7.22. The predicted molar refractivity (Wildman–Crippen MR) is 129 cm³/mol. The van der Waals surface area contributed by atoms with Gasteiger partial charge in [-0.2, -0.15) is 0 Å². The lowest BCUT2D eigenvalue weighted by Gasteiger charge is -2.04. The third kappa shape index (κ3) is 6.50. The minimum absolute atomic E-state index is 1.08. The number of unbranched alkanes of at least 4 members (excludes halogenated alkanes) is 2. The summed E-state index contributed by atoms with van der Waals surface area (Å²) in [7, 11) is 0. The zero-order valence-electron chi connectivity index (χ0n) is 17.5. The molecule has 0 aliphatic rings. The summed E-state index contributed by atoms with van der Waals surface area (Å²) in [5, 5.41) is 0. The standard InChI is InChI=1S/C26H30N2S/c1-3-5-11-21-13-7-9-15-25(21)27-19-23-17-18-24(29-23)20-28-26-16-10-8-14-22(26)12-6-4-2/h7-10,13-20H,3-6,11-12H2,1-2H3. The zero-order chi connectivity index (χ0) is 20.3. The molecule has 29 heavy (non-hydrogen) atoms. The lowest BCUT2D eigenvalue weighted by atomic mass is 10.1. The fraction of sp³-hybridized carbons (Fsp3) is 0.308. The highest BCUT2D eigenvalue weighted by Crippen LogP contribution is 2.23. The predicted octanol–water partition coefficient (Wildman–Crippen LogP) is 7.93. The molecule has 0 fully saturated rings. The number of aryl methyl sites for hydroxylation is 2. The molecule has 3 rings (SSSR count). The number of hydrogen-bond donors (Lipinski definition) is 0. The molecule has 0 aliphatic carbocycles. The zero-order valence-corrected chi connectivity index (χ0v) is 18.3. The molecule has 2 nitrogen and oxygen atoms in total. The molecule has 0 spiro atoms. The monoisotopic (exact) mass is 402 g/mol. The molecule has 150 valence electrons. The third-order valence-electron chi connectivity index (χ3n) is 4.89. The van der Waals surface area contributed by atoms with Crippen molar-refractivity contribution in [1.82, 2.24) is 0 Å². The minimum atomic E-state index is 1.08. The van der Waals surface area contributed by atoms with Gasteiger partial charge in [0, 0.05) is 22.2 Å². The van der Waals surface area contributed by atoms with Crippen molar-refractivity contribution in [2.45, 2.75) is 52.4 Å². The van der Waals surface area contributed by atoms with Crippen LogP contribution in [0.1, 0.15) is 60.4 Å². The number of thiophene rings is 1. The third-order valence-corrected chi connectivity index (χ3v) is 5.85. The van der Waals surface area contributed by atoms with Crippen molar-refractivity contribution in [2.75, 3.05) is 0 Å². The van der Waals surface area contributed by atoms with Crippen molar-refractivity contribution in [1.29, 1.82) is 0 Å². The molecule has 1 aromatic heterocycles. The van der Waals surface area contributed by atoms with Crippen LogP contribution in [0.5, 0.6) is 0 Å². The molecule has 3 heteroatoms. The quantitative estimate of drug-likeness (QED) is 0.308. The first kappa shape index (κ1) is 21.2. The Bertz CT molecular complexity index is 877. The first-order valence-corrected chi connectivity index (χ1v) is 11.5. The summed E-state index contributed by atoms with van der Waals surface area (Å²) in [4.78, 5) is 11.8. The average Bonchev–Trinajstić information content (AvgIpc) is 3.22. The largest absolute Gasteiger partial charge is 0.255 e. The Hall–Kier alpha value is -2.52. The van der Waals surface area contributed by atoms with Crippen molar-refractivity contribution >= 4 is 35.1 Å². The lowest BCUT2D eigenvalue weighted by Crippen LogP contribution is -1.85. The summed E-state index contributed by atoms with van der Waals surface area (Å²) in [5.74, 6) is 0. The van der Waals surface area contributed by atoms with Gasteiger partial charge in [-0.1, -0.05) is 63.1 Å². The first-order chi connectivity index (χ1) is 14.3. The van der Waals surface area contributed by atoms with Gasteiger partial charge >= 0.3 is 0 Å². The van der Waals surface area contributed by atoms with E-state index in [1.807, 2.05) is 12.4 Å². The highest BCUT2D eigenvalue weighted by molar-refractivity contribution is 7.15. The normalized spacial score (nSPS) is 11.7. The van der Waals surface area contributed by atoms with Crippen LogP contribution in [0.25, 0.3) is 0 Å². The number of nitrogens with zero attached hydrogens (tertiary/aromatic N) is 2. The molecule has 0 N–H and O–H groups in total. The first-order valence-electron chi connectivity index (χ1n) is 10.6. The summed E-state index contributed by atoms with van der Waals surface area (Å²) in [6.07, 6.45) is 10.9. The van der Waals surface area contributed by atoms with Gasteiger partial charge in [0.1, 0.15) is 0 Å². The Morgan fingerprint density at radius 2 is 1.10 bits per heavy atom. The maximum absolute atomic E-state index is 4.75. The van der Waals surface area contributed by atoms with E-state index in [0.29, 0.717) is 0 Å². The summed E-state index contributed by atoms with van der Waals surface area (Å²) >= 11 is 1.72. The molecule has 0 radical (unpaired) electrons. The molecule has 0 saturated heterocycles. The Morgan fingerprint density at radius 3 is 1.55 bits per heavy atom. The van der Waals surface area contributed by atoms with Gasteiger partial charge < -0.3 is 0 Å². The maximum Gasteiger partial charge on any atom is 0.0662 e. The summed E-state index contributed by atoms with van der Waals surface area (Å²) in [5.41, 5.74) is 4.81. The molecule has 2 aromatic carbocycles. The Labute approximate surface area is 179 Å². The fourth-order valence-corrected chi connectivity index (χ4v) is 3.96. The second-order valence-corrected chi connectivity index (χ2v) is 8.37. The van der Waals surface area contributed by atoms with Crippen LogP contribution >= 0.6 is 11.3 Å². The Morgan fingerprint density at radius 1 is 0.655 bits per heavy atom. The van der Waals surface area contributed by atoms with Crippen LogP contribution in [-0.2, 0) is 12.8 Å². The van der Waals surface area contributed by atoms with Crippen molar-refractivity contribution in [3.63, 3.8) is 0 Å². The van der Waals surface area contributed by atoms with Crippen LogP contribution < -0.4 is 0 Å². The maximum atomic E-state index is 4.75. The SMILES string of the molecule is CCCCc1ccccc1N=Cc1ccc(C=Nc2ccccc2CCCC)s1. The van der Waals surface area contributed by atoms with Crippen molar-refractivity contribution in [3.8, 4) is 0 Å². The van der Waals surface area contributed by atoms with E-state index in [9.17, 15) is 0 Å². The molecule has 0 saturated carbocycles. The minimum Gasteiger partial charge on any atom is -0.255 e. The number of hydrogen-bond acceptors (Lipinski definition) is 3. The van der Waals surface area contributed by atoms with Crippen LogP contribution in [0.4, 0.5) is 11.4 Å². The van der Waals surface area contributed by atoms with Crippen LogP contribution in [-0.4, -0.2) is 12.4 Å². The van der Waals surface area contributed by atoms with Gasteiger partial charge in [0.15, 0.2) is 0 Å². The van der Waals surface area contributed by atoms with Crippen molar-refractivity contribution in [2.24, 2.45) is 9.98 Å². The summed E-state index contributed by atoms with van der Waals surface area (Å²) in [6.45, 7) is 4.45. The summed E-state index contributed by atoms with van der Waals surface area (Å²) < 4.78 is 0. The molecule has 0 atom stereocenters. The number of para-hydroxylation sites is 2. The molecule has 0 amide bonds.